The number of rotatable bonds is 3. The van der Waals surface area contributed by atoms with Crippen LogP contribution in [0.3, 0.4) is 0 Å². The largest absolute Gasteiger partial charge is 0.436 e. The van der Waals surface area contributed by atoms with Gasteiger partial charge in [0.1, 0.15) is 24.1 Å². The van der Waals surface area contributed by atoms with Crippen molar-refractivity contribution < 1.29 is 19.7 Å². The molecule has 1 aromatic rings. The second-order valence-corrected chi connectivity index (χ2v) is 3.98. The van der Waals surface area contributed by atoms with Crippen LogP contribution < -0.4 is 11.4 Å². The lowest BCUT2D eigenvalue weighted by Crippen LogP contribution is -2.37. The van der Waals surface area contributed by atoms with E-state index < -0.39 is 36.8 Å². The summed E-state index contributed by atoms with van der Waals surface area (Å²) >= 11 is 0. The molecule has 1 fully saturated rings. The average molecular weight is 267 g/mol. The maximum Gasteiger partial charge on any atom is 0.351 e. The Morgan fingerprint density at radius 3 is 3.00 bits per heavy atom. The molecule has 0 bridgehead atoms. The lowest BCUT2D eigenvalue weighted by molar-refractivity contribution is -0.0548. The molecule has 0 aromatic carbocycles. The van der Waals surface area contributed by atoms with E-state index in [2.05, 4.69) is 4.98 Å². The predicted molar refractivity (Wildman–Crippen MR) is 63.6 cm³/mol. The topological polar surface area (TPSA) is 120 Å². The van der Waals surface area contributed by atoms with Crippen molar-refractivity contribution in [3.63, 3.8) is 0 Å². The number of aliphatic hydroxyl groups is 2. The first-order valence-electron chi connectivity index (χ1n) is 5.48. The minimum Gasteiger partial charge on any atom is -0.436 e. The van der Waals surface area contributed by atoms with E-state index >= 15 is 0 Å². The van der Waals surface area contributed by atoms with Gasteiger partial charge in [0.2, 0.25) is 0 Å². The fourth-order valence-electron chi connectivity index (χ4n) is 1.92. The summed E-state index contributed by atoms with van der Waals surface area (Å²) in [5.74, 6) is 0.0629. The summed E-state index contributed by atoms with van der Waals surface area (Å²) in [6.45, 7) is -0.431. The molecule has 2 rings (SSSR count). The normalized spacial score (nSPS) is 29.9. The van der Waals surface area contributed by atoms with Crippen molar-refractivity contribution in [1.29, 1.82) is 0 Å². The average Bonchev–Trinajstić information content (AvgIpc) is 2.68. The van der Waals surface area contributed by atoms with Crippen molar-refractivity contribution >= 4 is 5.82 Å². The molecule has 19 heavy (non-hydrogen) atoms. The van der Waals surface area contributed by atoms with Crippen LogP contribution in [-0.2, 0) is 9.47 Å². The van der Waals surface area contributed by atoms with Crippen LogP contribution >= 0.6 is 0 Å². The van der Waals surface area contributed by atoms with Gasteiger partial charge in [0.25, 0.3) is 0 Å². The monoisotopic (exact) mass is 267 g/mol. The van der Waals surface area contributed by atoms with Crippen molar-refractivity contribution in [1.82, 2.24) is 9.55 Å². The van der Waals surface area contributed by atoms with Crippen LogP contribution in [0.15, 0.2) is 17.1 Å². The van der Waals surface area contributed by atoms with E-state index in [1.165, 1.54) is 12.3 Å². The van der Waals surface area contributed by atoms with E-state index in [4.69, 9.17) is 26.7 Å². The number of nitrogens with two attached hydrogens (primary N) is 1. The predicted octanol–water partition coefficient (Wildman–Crippen LogP) is -1.95. The van der Waals surface area contributed by atoms with Crippen molar-refractivity contribution in [2.45, 2.75) is 24.5 Å². The van der Waals surface area contributed by atoms with Crippen LogP contribution in [0, 0.1) is 12.5 Å². The van der Waals surface area contributed by atoms with Crippen LogP contribution in [-0.4, -0.2) is 44.7 Å². The second kappa shape index (κ2) is 5.27. The number of anilines is 1. The van der Waals surface area contributed by atoms with Gasteiger partial charge in [0.15, 0.2) is 12.3 Å². The lowest BCUT2D eigenvalue weighted by Gasteiger charge is -2.19. The van der Waals surface area contributed by atoms with Gasteiger partial charge >= 0.3 is 5.69 Å². The highest BCUT2D eigenvalue weighted by Gasteiger charge is 2.46. The van der Waals surface area contributed by atoms with Gasteiger partial charge in [0, 0.05) is 6.20 Å². The Morgan fingerprint density at radius 1 is 1.68 bits per heavy atom. The Kier molecular flexibility index (Phi) is 3.71. The quantitative estimate of drug-likeness (QED) is 0.544. The Labute approximate surface area is 108 Å². The summed E-state index contributed by atoms with van der Waals surface area (Å²) in [7, 11) is 0. The molecule has 8 nitrogen and oxygen atoms in total. The van der Waals surface area contributed by atoms with Crippen molar-refractivity contribution in [3.05, 3.63) is 22.7 Å². The molecule has 2 heterocycles. The third kappa shape index (κ3) is 2.39. The Morgan fingerprint density at radius 2 is 2.42 bits per heavy atom. The van der Waals surface area contributed by atoms with E-state index in [1.807, 2.05) is 6.11 Å². The summed E-state index contributed by atoms with van der Waals surface area (Å²) in [6.07, 6.45) is 4.31. The summed E-state index contributed by atoms with van der Waals surface area (Å²) in [5, 5.41) is 19.0. The van der Waals surface area contributed by atoms with Gasteiger partial charge in [-0.3, -0.25) is 4.57 Å². The van der Waals surface area contributed by atoms with Crippen molar-refractivity contribution in [2.24, 2.45) is 0 Å². The Hall–Kier alpha value is -2.08. The number of terminal acetylenes is 1. The molecule has 102 valence electrons. The van der Waals surface area contributed by atoms with E-state index in [0.29, 0.717) is 0 Å². The smallest absolute Gasteiger partial charge is 0.351 e. The standard InChI is InChI=1S/C11H13N3O5/c1-2-18-9-8(16)6(5-15)19-10(9)14-4-3-7(12)13-11(14)17/h1,3-4,6,8-10,15-16H,5H2,(H2,12,13,17)/t6-,8?,9?,10-/m1/s1. The fourth-order valence-corrected chi connectivity index (χ4v) is 1.92. The summed E-state index contributed by atoms with van der Waals surface area (Å²) in [6, 6.07) is 1.40. The molecule has 8 heteroatoms. The van der Waals surface area contributed by atoms with Crippen LogP contribution in [0.4, 0.5) is 5.82 Å². The van der Waals surface area contributed by atoms with Crippen LogP contribution in [0.25, 0.3) is 0 Å². The van der Waals surface area contributed by atoms with Crippen molar-refractivity contribution in [3.8, 4) is 12.5 Å². The second-order valence-electron chi connectivity index (χ2n) is 3.98. The minimum absolute atomic E-state index is 0.0629. The Bertz CT molecular complexity index is 552. The van der Waals surface area contributed by atoms with Crippen molar-refractivity contribution in [2.75, 3.05) is 12.3 Å². The highest BCUT2D eigenvalue weighted by atomic mass is 16.6. The molecule has 1 saturated heterocycles. The zero-order valence-corrected chi connectivity index (χ0v) is 9.84. The van der Waals surface area contributed by atoms with Crippen LogP contribution in [0.1, 0.15) is 6.23 Å². The number of aliphatic hydroxyl groups excluding tert-OH is 2. The molecular weight excluding hydrogens is 254 g/mol. The fraction of sp³-hybridized carbons (Fsp3) is 0.455. The molecule has 1 aliphatic rings. The molecule has 1 aliphatic heterocycles. The summed E-state index contributed by atoms with van der Waals surface area (Å²) in [5.41, 5.74) is 4.72. The lowest BCUT2D eigenvalue weighted by atomic mass is 10.1. The van der Waals surface area contributed by atoms with Gasteiger partial charge in [-0.25, -0.2) is 4.79 Å². The molecule has 0 aliphatic carbocycles. The zero-order valence-electron chi connectivity index (χ0n) is 9.84. The van der Waals surface area contributed by atoms with Gasteiger partial charge in [-0.05, 0) is 6.07 Å². The maximum absolute atomic E-state index is 11.7. The van der Waals surface area contributed by atoms with E-state index in [1.54, 1.807) is 0 Å². The van der Waals surface area contributed by atoms with Crippen LogP contribution in [0.5, 0.6) is 0 Å². The summed E-state index contributed by atoms with van der Waals surface area (Å²) in [4.78, 5) is 15.3. The first-order chi connectivity index (χ1) is 9.08. The SMILES string of the molecule is C#COC1C(O)[C@@H](CO)O[C@H]1n1ccc(N)nc1=O. The minimum atomic E-state index is -1.16. The molecule has 2 unspecified atom stereocenters. The molecule has 0 radical (unpaired) electrons. The number of hydrogen-bond acceptors (Lipinski definition) is 7. The number of ether oxygens (including phenoxy) is 2. The molecule has 0 spiro atoms. The highest BCUT2D eigenvalue weighted by molar-refractivity contribution is 5.23. The number of aromatic nitrogens is 2. The van der Waals surface area contributed by atoms with Gasteiger partial charge in [-0.2, -0.15) is 4.98 Å². The molecule has 1 aromatic heterocycles. The number of hydrogen-bond donors (Lipinski definition) is 3. The van der Waals surface area contributed by atoms with E-state index in [9.17, 15) is 9.90 Å². The first-order valence-corrected chi connectivity index (χ1v) is 5.48. The highest BCUT2D eigenvalue weighted by Crippen LogP contribution is 2.30. The zero-order chi connectivity index (χ0) is 14.0. The molecule has 4 atom stereocenters. The molecule has 0 amide bonds. The molecular formula is C11H13N3O5. The van der Waals surface area contributed by atoms with Gasteiger partial charge in [0.05, 0.1) is 6.61 Å². The van der Waals surface area contributed by atoms with Gasteiger partial charge < -0.3 is 25.4 Å². The maximum atomic E-state index is 11.7. The van der Waals surface area contributed by atoms with Gasteiger partial charge in [-0.15, -0.1) is 0 Å². The number of nitrogen functional groups attached to an aromatic ring is 1. The van der Waals surface area contributed by atoms with Gasteiger partial charge in [-0.1, -0.05) is 6.42 Å². The first kappa shape index (κ1) is 13.4. The Balaban J connectivity index is 2.36. The van der Waals surface area contributed by atoms with E-state index in [0.717, 1.165) is 4.57 Å². The van der Waals surface area contributed by atoms with E-state index in [-0.39, 0.29) is 5.82 Å². The third-order valence-electron chi connectivity index (χ3n) is 2.82. The molecule has 4 N–H and O–H groups in total. The number of nitrogens with zero attached hydrogens (tertiary/aromatic N) is 2. The van der Waals surface area contributed by atoms with Crippen LogP contribution in [0.2, 0.25) is 0 Å². The summed E-state index contributed by atoms with van der Waals surface area (Å²) < 4.78 is 11.4. The third-order valence-corrected chi connectivity index (χ3v) is 2.82. The molecule has 0 saturated carbocycles.